The Balaban J connectivity index is 1.69. The highest BCUT2D eigenvalue weighted by Crippen LogP contribution is 2.22. The van der Waals surface area contributed by atoms with Crippen molar-refractivity contribution in [3.8, 4) is 0 Å². The van der Waals surface area contributed by atoms with Crippen LogP contribution in [0.15, 0.2) is 35.5 Å². The Kier molecular flexibility index (Phi) is 8.46. The average Bonchev–Trinajstić information content (AvgIpc) is 3.21. The molecule has 6 nitrogen and oxygen atoms in total. The summed E-state index contributed by atoms with van der Waals surface area (Å²) in [5.41, 5.74) is 2.62. The van der Waals surface area contributed by atoms with Crippen LogP contribution in [0, 0.1) is 6.92 Å². The van der Waals surface area contributed by atoms with E-state index < -0.39 is 0 Å². The van der Waals surface area contributed by atoms with Gasteiger partial charge in [-0.05, 0) is 25.8 Å². The summed E-state index contributed by atoms with van der Waals surface area (Å²) in [5, 5.41) is 7.99. The molecule has 1 aromatic carbocycles. The third-order valence-corrected chi connectivity index (χ3v) is 6.17. The number of guanidine groups is 1. The Labute approximate surface area is 178 Å². The fourth-order valence-corrected chi connectivity index (χ4v) is 4.28. The van der Waals surface area contributed by atoms with E-state index in [1.54, 1.807) is 11.3 Å². The van der Waals surface area contributed by atoms with Gasteiger partial charge in [-0.25, -0.2) is 9.98 Å². The van der Waals surface area contributed by atoms with E-state index in [2.05, 4.69) is 65.6 Å². The van der Waals surface area contributed by atoms with Crippen LogP contribution in [0.25, 0.3) is 0 Å². The minimum Gasteiger partial charge on any atom is -0.379 e. The summed E-state index contributed by atoms with van der Waals surface area (Å²) in [5.74, 6) is 0.840. The highest BCUT2D eigenvalue weighted by molar-refractivity contribution is 7.11. The third-order valence-electron chi connectivity index (χ3n) is 5.04. The van der Waals surface area contributed by atoms with E-state index >= 15 is 0 Å². The van der Waals surface area contributed by atoms with E-state index in [1.165, 1.54) is 16.0 Å². The number of ether oxygens (including phenoxy) is 1. The second-order valence-electron chi connectivity index (χ2n) is 7.23. The Bertz CT molecular complexity index is 785. The molecule has 0 radical (unpaired) electrons. The zero-order valence-electron chi connectivity index (χ0n) is 17.8. The first-order chi connectivity index (χ1) is 14.2. The fraction of sp³-hybridized carbons (Fsp3) is 0.545. The van der Waals surface area contributed by atoms with Gasteiger partial charge in [0.15, 0.2) is 5.96 Å². The molecule has 158 valence electrons. The number of benzene rings is 1. The van der Waals surface area contributed by atoms with Crippen molar-refractivity contribution in [2.45, 2.75) is 39.8 Å². The molecule has 0 saturated carbocycles. The number of thiazole rings is 1. The molecule has 2 heterocycles. The molecule has 29 heavy (non-hydrogen) atoms. The van der Waals surface area contributed by atoms with Crippen LogP contribution in [-0.2, 0) is 17.7 Å². The normalized spacial score (nSPS) is 16.6. The SMILES string of the molecule is CCNC(=NCc1ncc(CC)s1)NCC(c1cccc(C)c1)N1CCOCC1. The second kappa shape index (κ2) is 11.3. The van der Waals surface area contributed by atoms with E-state index in [9.17, 15) is 0 Å². The number of hydrogen-bond donors (Lipinski definition) is 2. The van der Waals surface area contributed by atoms with Gasteiger partial charge in [0, 0.05) is 37.3 Å². The molecule has 0 bridgehead atoms. The van der Waals surface area contributed by atoms with E-state index in [4.69, 9.17) is 9.73 Å². The second-order valence-corrected chi connectivity index (χ2v) is 8.43. The molecular weight excluding hydrogens is 382 g/mol. The van der Waals surface area contributed by atoms with Gasteiger partial charge in [0.05, 0.1) is 25.8 Å². The predicted molar refractivity (Wildman–Crippen MR) is 121 cm³/mol. The van der Waals surface area contributed by atoms with Gasteiger partial charge in [-0.3, -0.25) is 4.90 Å². The lowest BCUT2D eigenvalue weighted by molar-refractivity contribution is 0.0170. The van der Waals surface area contributed by atoms with Gasteiger partial charge in [0.25, 0.3) is 0 Å². The Morgan fingerprint density at radius 1 is 1.28 bits per heavy atom. The van der Waals surface area contributed by atoms with E-state index in [0.29, 0.717) is 6.54 Å². The van der Waals surface area contributed by atoms with Crippen LogP contribution in [-0.4, -0.2) is 55.2 Å². The standard InChI is InChI=1S/C22H33N5OS/c1-4-19-14-24-21(29-19)16-26-22(23-5-2)25-15-20(27-9-11-28-12-10-27)18-8-6-7-17(3)13-18/h6-8,13-14,20H,4-5,9-12,15-16H2,1-3H3,(H2,23,25,26). The highest BCUT2D eigenvalue weighted by atomic mass is 32.1. The molecule has 2 N–H and O–H groups in total. The number of aryl methyl sites for hydroxylation is 2. The summed E-state index contributed by atoms with van der Waals surface area (Å²) in [6.07, 6.45) is 2.99. The highest BCUT2D eigenvalue weighted by Gasteiger charge is 2.23. The number of morpholine rings is 1. The number of hydrogen-bond acceptors (Lipinski definition) is 5. The lowest BCUT2D eigenvalue weighted by Gasteiger charge is -2.35. The van der Waals surface area contributed by atoms with Crippen molar-refractivity contribution in [2.24, 2.45) is 4.99 Å². The monoisotopic (exact) mass is 415 g/mol. The van der Waals surface area contributed by atoms with Crippen molar-refractivity contribution in [3.05, 3.63) is 51.5 Å². The predicted octanol–water partition coefficient (Wildman–Crippen LogP) is 3.14. The summed E-state index contributed by atoms with van der Waals surface area (Å²) < 4.78 is 5.57. The third kappa shape index (κ3) is 6.52. The Hall–Kier alpha value is -1.96. The molecule has 1 atom stereocenters. The molecule has 1 aliphatic rings. The largest absolute Gasteiger partial charge is 0.379 e. The van der Waals surface area contributed by atoms with Gasteiger partial charge < -0.3 is 15.4 Å². The molecule has 1 aromatic heterocycles. The lowest BCUT2D eigenvalue weighted by Crippen LogP contribution is -2.46. The molecule has 1 unspecified atom stereocenters. The summed E-state index contributed by atoms with van der Waals surface area (Å²) in [6.45, 7) is 12.1. The topological polar surface area (TPSA) is 61.8 Å². The van der Waals surface area contributed by atoms with Gasteiger partial charge in [-0.2, -0.15) is 0 Å². The van der Waals surface area contributed by atoms with Crippen molar-refractivity contribution >= 4 is 17.3 Å². The van der Waals surface area contributed by atoms with Gasteiger partial charge >= 0.3 is 0 Å². The van der Waals surface area contributed by atoms with Crippen LogP contribution < -0.4 is 10.6 Å². The van der Waals surface area contributed by atoms with Crippen molar-refractivity contribution in [1.82, 2.24) is 20.5 Å². The lowest BCUT2D eigenvalue weighted by atomic mass is 10.0. The molecule has 0 amide bonds. The first-order valence-corrected chi connectivity index (χ1v) is 11.3. The van der Waals surface area contributed by atoms with Gasteiger partial charge in [-0.1, -0.05) is 36.8 Å². The average molecular weight is 416 g/mol. The number of aliphatic imine (C=N–C) groups is 1. The number of nitrogens with zero attached hydrogens (tertiary/aromatic N) is 3. The zero-order chi connectivity index (χ0) is 20.5. The van der Waals surface area contributed by atoms with E-state index in [0.717, 1.165) is 56.8 Å². The van der Waals surface area contributed by atoms with Gasteiger partial charge in [0.2, 0.25) is 0 Å². The summed E-state index contributed by atoms with van der Waals surface area (Å²) >= 11 is 1.74. The molecule has 7 heteroatoms. The maximum absolute atomic E-state index is 5.57. The number of rotatable bonds is 8. The Morgan fingerprint density at radius 2 is 2.10 bits per heavy atom. The van der Waals surface area contributed by atoms with Crippen LogP contribution in [0.1, 0.15) is 40.9 Å². The minimum atomic E-state index is 0.286. The molecule has 2 aromatic rings. The van der Waals surface area contributed by atoms with E-state index in [-0.39, 0.29) is 6.04 Å². The van der Waals surface area contributed by atoms with E-state index in [1.807, 2.05) is 6.20 Å². The van der Waals surface area contributed by atoms with Crippen molar-refractivity contribution < 1.29 is 4.74 Å². The van der Waals surface area contributed by atoms with Crippen molar-refractivity contribution in [2.75, 3.05) is 39.4 Å². The maximum Gasteiger partial charge on any atom is 0.191 e. The number of nitrogens with one attached hydrogen (secondary N) is 2. The quantitative estimate of drug-likeness (QED) is 0.512. The molecular formula is C22H33N5OS. The van der Waals surface area contributed by atoms with Crippen molar-refractivity contribution in [3.63, 3.8) is 0 Å². The Morgan fingerprint density at radius 3 is 2.79 bits per heavy atom. The minimum absolute atomic E-state index is 0.286. The van der Waals surface area contributed by atoms with Crippen LogP contribution in [0.4, 0.5) is 0 Å². The van der Waals surface area contributed by atoms with Gasteiger partial charge in [0.1, 0.15) is 5.01 Å². The van der Waals surface area contributed by atoms with Gasteiger partial charge in [-0.15, -0.1) is 11.3 Å². The number of aromatic nitrogens is 1. The zero-order valence-corrected chi connectivity index (χ0v) is 18.6. The van der Waals surface area contributed by atoms with Crippen LogP contribution in [0.3, 0.4) is 0 Å². The molecule has 3 rings (SSSR count). The maximum atomic E-state index is 5.57. The first-order valence-electron chi connectivity index (χ1n) is 10.5. The van der Waals surface area contributed by atoms with Crippen LogP contribution in [0.2, 0.25) is 0 Å². The summed E-state index contributed by atoms with van der Waals surface area (Å²) in [6, 6.07) is 9.09. The molecule has 0 aliphatic carbocycles. The molecule has 1 saturated heterocycles. The summed E-state index contributed by atoms with van der Waals surface area (Å²) in [4.78, 5) is 13.0. The fourth-order valence-electron chi connectivity index (χ4n) is 3.49. The molecule has 1 fully saturated rings. The van der Waals surface area contributed by atoms with Crippen LogP contribution >= 0.6 is 11.3 Å². The first kappa shape index (κ1) is 21.7. The smallest absolute Gasteiger partial charge is 0.191 e. The van der Waals surface area contributed by atoms with Crippen LogP contribution in [0.5, 0.6) is 0 Å². The summed E-state index contributed by atoms with van der Waals surface area (Å²) in [7, 11) is 0. The van der Waals surface area contributed by atoms with Crippen molar-refractivity contribution in [1.29, 1.82) is 0 Å². The molecule has 1 aliphatic heterocycles. The molecule has 0 spiro atoms.